The Morgan fingerprint density at radius 1 is 1.03 bits per heavy atom. The molecule has 0 heterocycles. The molecule has 3 saturated carbocycles. The monoisotopic (exact) mass is 396 g/mol. The van der Waals surface area contributed by atoms with Crippen LogP contribution >= 0.6 is 0 Å². The van der Waals surface area contributed by atoms with Gasteiger partial charge in [0.1, 0.15) is 0 Å². The number of fused-ring (bicyclic) bond motifs is 1. The molecule has 0 aromatic heterocycles. The highest BCUT2D eigenvalue weighted by Gasteiger charge is 2.50. The van der Waals surface area contributed by atoms with E-state index < -0.39 is 0 Å². The Bertz CT molecular complexity index is 678. The zero-order chi connectivity index (χ0) is 21.2. The quantitative estimate of drug-likeness (QED) is 0.473. The Hall–Kier alpha value is -1.08. The summed E-state index contributed by atoms with van der Waals surface area (Å²) in [6, 6.07) is 0. The van der Waals surface area contributed by atoms with Gasteiger partial charge in [0, 0.05) is 0 Å². The summed E-state index contributed by atoms with van der Waals surface area (Å²) in [4.78, 5) is 0. The molecule has 3 aliphatic carbocycles. The van der Waals surface area contributed by atoms with Crippen LogP contribution in [0.15, 0.2) is 47.6 Å². The van der Waals surface area contributed by atoms with Crippen LogP contribution in [-0.4, -0.2) is 11.2 Å². The molecule has 3 fully saturated rings. The lowest BCUT2D eigenvalue weighted by Crippen LogP contribution is -2.35. The largest absolute Gasteiger partial charge is 0.393 e. The highest BCUT2D eigenvalue weighted by molar-refractivity contribution is 5.36. The molecule has 0 saturated heterocycles. The van der Waals surface area contributed by atoms with E-state index in [0.29, 0.717) is 17.3 Å². The van der Waals surface area contributed by atoms with Crippen molar-refractivity contribution < 1.29 is 5.11 Å². The van der Waals surface area contributed by atoms with Crippen LogP contribution in [0.2, 0.25) is 0 Å². The minimum atomic E-state index is -0.182. The minimum Gasteiger partial charge on any atom is -0.393 e. The van der Waals surface area contributed by atoms with Gasteiger partial charge < -0.3 is 5.11 Å². The first-order valence-corrected chi connectivity index (χ1v) is 12.2. The van der Waals surface area contributed by atoms with Crippen LogP contribution in [0, 0.1) is 35.0 Å². The van der Waals surface area contributed by atoms with Gasteiger partial charge in [0.15, 0.2) is 0 Å². The molecular weight excluding hydrogens is 352 g/mol. The molecule has 1 N–H and O–H groups in total. The van der Waals surface area contributed by atoms with Crippen molar-refractivity contribution in [3.8, 4) is 0 Å². The van der Waals surface area contributed by atoms with E-state index in [1.54, 1.807) is 5.57 Å². The maximum Gasteiger partial charge on any atom is 0.0583 e. The lowest BCUT2D eigenvalue weighted by molar-refractivity contribution is 0.112. The fourth-order valence-electron chi connectivity index (χ4n) is 6.25. The van der Waals surface area contributed by atoms with Gasteiger partial charge in [-0.15, -0.1) is 0 Å². The van der Waals surface area contributed by atoms with Crippen LogP contribution in [-0.2, 0) is 0 Å². The fraction of sp³-hybridized carbons (Fsp3) is 0.714. The Balaban J connectivity index is 1.75. The SMILES string of the molecule is C=C1CC[C@H](O)C/C1=C\C=C1/CCCC2(C)C1CCC2C(C)/C=C/C(C)C(C)C. The summed E-state index contributed by atoms with van der Waals surface area (Å²) >= 11 is 0. The summed E-state index contributed by atoms with van der Waals surface area (Å²) in [5, 5.41) is 10.0. The second-order valence-corrected chi connectivity index (χ2v) is 10.9. The molecule has 6 atom stereocenters. The molecule has 0 aromatic rings. The first kappa shape index (κ1) is 22.6. The van der Waals surface area contributed by atoms with Gasteiger partial charge in [-0.25, -0.2) is 0 Å². The first-order chi connectivity index (χ1) is 13.7. The summed E-state index contributed by atoms with van der Waals surface area (Å²) in [6.45, 7) is 16.3. The highest BCUT2D eigenvalue weighted by atomic mass is 16.3. The Morgan fingerprint density at radius 3 is 2.52 bits per heavy atom. The van der Waals surface area contributed by atoms with Gasteiger partial charge in [0.2, 0.25) is 0 Å². The number of hydrogen-bond donors (Lipinski definition) is 1. The molecule has 0 spiro atoms. The molecule has 3 aliphatic rings. The first-order valence-electron chi connectivity index (χ1n) is 12.2. The molecule has 0 aromatic carbocycles. The maximum atomic E-state index is 10.0. The topological polar surface area (TPSA) is 20.2 Å². The zero-order valence-corrected chi connectivity index (χ0v) is 19.6. The van der Waals surface area contributed by atoms with Crippen LogP contribution in [0.3, 0.4) is 0 Å². The normalized spacial score (nSPS) is 38.2. The predicted molar refractivity (Wildman–Crippen MR) is 126 cm³/mol. The van der Waals surface area contributed by atoms with Gasteiger partial charge >= 0.3 is 0 Å². The number of hydrogen-bond acceptors (Lipinski definition) is 1. The standard InChI is InChI=1S/C28H44O/c1-19(2)20(3)9-10-22(5)26-15-16-27-23(8-7-17-28(26,27)6)12-13-24-18-25(29)14-11-21(24)4/h9-10,12-13,19-20,22,25-27,29H,4,7-8,11,14-18H2,1-3,5-6H3/b10-9+,23-12+,24-13+/t20?,22?,25-,26?,27?,28?/m0/s1. The van der Waals surface area contributed by atoms with Gasteiger partial charge in [-0.05, 0) is 91.9 Å². The third-order valence-corrected chi connectivity index (χ3v) is 8.63. The molecule has 0 aliphatic heterocycles. The fourth-order valence-corrected chi connectivity index (χ4v) is 6.25. The summed E-state index contributed by atoms with van der Waals surface area (Å²) in [5.74, 6) is 3.58. The van der Waals surface area contributed by atoms with Gasteiger partial charge in [0.25, 0.3) is 0 Å². The number of aliphatic hydroxyl groups is 1. The summed E-state index contributed by atoms with van der Waals surface area (Å²) in [6.07, 6.45) is 18.8. The Morgan fingerprint density at radius 2 is 1.79 bits per heavy atom. The van der Waals surface area contributed by atoms with E-state index in [-0.39, 0.29) is 6.10 Å². The van der Waals surface area contributed by atoms with Gasteiger partial charge in [0.05, 0.1) is 6.10 Å². The van der Waals surface area contributed by atoms with Crippen LogP contribution < -0.4 is 0 Å². The van der Waals surface area contributed by atoms with Crippen LogP contribution in [0.5, 0.6) is 0 Å². The van der Waals surface area contributed by atoms with E-state index in [1.807, 2.05) is 0 Å². The van der Waals surface area contributed by atoms with E-state index in [0.717, 1.165) is 37.0 Å². The average molecular weight is 397 g/mol. The lowest BCUT2D eigenvalue weighted by Gasteiger charge is -2.44. The number of allylic oxidation sites excluding steroid dienone is 6. The molecule has 0 bridgehead atoms. The van der Waals surface area contributed by atoms with Gasteiger partial charge in [-0.1, -0.05) is 76.6 Å². The zero-order valence-electron chi connectivity index (χ0n) is 19.6. The van der Waals surface area contributed by atoms with Crippen LogP contribution in [0.4, 0.5) is 0 Å². The van der Waals surface area contributed by atoms with Crippen molar-refractivity contribution in [3.63, 3.8) is 0 Å². The molecule has 0 radical (unpaired) electrons. The van der Waals surface area contributed by atoms with E-state index >= 15 is 0 Å². The third-order valence-electron chi connectivity index (χ3n) is 8.63. The van der Waals surface area contributed by atoms with Crippen molar-refractivity contribution in [1.29, 1.82) is 0 Å². The van der Waals surface area contributed by atoms with Crippen molar-refractivity contribution in [2.24, 2.45) is 35.0 Å². The predicted octanol–water partition coefficient (Wildman–Crippen LogP) is 7.64. The molecule has 162 valence electrons. The van der Waals surface area contributed by atoms with E-state index in [2.05, 4.69) is 65.5 Å². The molecular formula is C28H44O. The second kappa shape index (κ2) is 9.38. The molecule has 1 heteroatoms. The van der Waals surface area contributed by atoms with Crippen molar-refractivity contribution in [2.75, 3.05) is 0 Å². The van der Waals surface area contributed by atoms with E-state index in [9.17, 15) is 5.11 Å². The third kappa shape index (κ3) is 4.98. The van der Waals surface area contributed by atoms with Crippen molar-refractivity contribution in [2.45, 2.75) is 92.1 Å². The van der Waals surface area contributed by atoms with E-state index in [1.165, 1.54) is 43.3 Å². The molecule has 5 unspecified atom stereocenters. The van der Waals surface area contributed by atoms with E-state index in [4.69, 9.17) is 0 Å². The second-order valence-electron chi connectivity index (χ2n) is 10.9. The van der Waals surface area contributed by atoms with Crippen LogP contribution in [0.1, 0.15) is 86.0 Å². The number of aliphatic hydroxyl groups excluding tert-OH is 1. The minimum absolute atomic E-state index is 0.182. The Labute approximate surface area is 180 Å². The summed E-state index contributed by atoms with van der Waals surface area (Å²) < 4.78 is 0. The smallest absolute Gasteiger partial charge is 0.0583 e. The molecule has 1 nitrogen and oxygen atoms in total. The van der Waals surface area contributed by atoms with Gasteiger partial charge in [-0.3, -0.25) is 0 Å². The summed E-state index contributed by atoms with van der Waals surface area (Å²) in [7, 11) is 0. The summed E-state index contributed by atoms with van der Waals surface area (Å²) in [5.41, 5.74) is 4.61. The van der Waals surface area contributed by atoms with Crippen molar-refractivity contribution in [3.05, 3.63) is 47.6 Å². The maximum absolute atomic E-state index is 10.0. The van der Waals surface area contributed by atoms with Gasteiger partial charge in [-0.2, -0.15) is 0 Å². The average Bonchev–Trinajstić information content (AvgIpc) is 3.04. The Kier molecular flexibility index (Phi) is 7.31. The molecule has 3 rings (SSSR count). The lowest BCUT2D eigenvalue weighted by atomic mass is 9.61. The molecule has 29 heavy (non-hydrogen) atoms. The van der Waals surface area contributed by atoms with Crippen molar-refractivity contribution >= 4 is 0 Å². The van der Waals surface area contributed by atoms with Crippen LogP contribution in [0.25, 0.3) is 0 Å². The van der Waals surface area contributed by atoms with Crippen molar-refractivity contribution in [1.82, 2.24) is 0 Å². The number of rotatable bonds is 5. The highest BCUT2D eigenvalue weighted by Crippen LogP contribution is 2.59. The molecule has 0 amide bonds.